The number of aryl methyl sites for hydroxylation is 2. The lowest BCUT2D eigenvalue weighted by molar-refractivity contribution is 0.0893. The number of halogens is 3. The first-order valence-electron chi connectivity index (χ1n) is 11.4. The second-order valence-electron chi connectivity index (χ2n) is 9.37. The van der Waals surface area contributed by atoms with Crippen LogP contribution in [0.2, 0.25) is 0 Å². The van der Waals surface area contributed by atoms with Gasteiger partial charge in [-0.05, 0) is 70.8 Å². The van der Waals surface area contributed by atoms with E-state index >= 15 is 0 Å². The molecule has 0 N–H and O–H groups in total. The Labute approximate surface area is 231 Å². The van der Waals surface area contributed by atoms with Gasteiger partial charge >= 0.3 is 0 Å². The molecule has 0 fully saturated rings. The molecule has 36 heavy (non-hydrogen) atoms. The van der Waals surface area contributed by atoms with Crippen molar-refractivity contribution >= 4 is 108 Å². The lowest BCUT2D eigenvalue weighted by Crippen LogP contribution is -2.41. The number of rotatable bonds is 1. The fraction of sp³-hybridized carbons (Fsp3) is 0.0667. The van der Waals surface area contributed by atoms with Crippen LogP contribution in [0.3, 0.4) is 0 Å². The van der Waals surface area contributed by atoms with Crippen molar-refractivity contribution in [2.45, 2.75) is 13.8 Å². The lowest BCUT2D eigenvalue weighted by atomic mass is 9.84. The van der Waals surface area contributed by atoms with Gasteiger partial charge in [0.15, 0.2) is 0 Å². The van der Waals surface area contributed by atoms with Crippen LogP contribution in [0.5, 0.6) is 0 Å². The van der Waals surface area contributed by atoms with Crippen LogP contribution >= 0.6 is 47.8 Å². The Morgan fingerprint density at radius 2 is 1.19 bits per heavy atom. The van der Waals surface area contributed by atoms with Crippen LogP contribution in [0.1, 0.15) is 31.8 Å². The maximum atomic E-state index is 14.0. The van der Waals surface area contributed by atoms with Crippen LogP contribution in [-0.2, 0) is 0 Å². The van der Waals surface area contributed by atoms with Crippen molar-refractivity contribution in [2.24, 2.45) is 0 Å². The minimum atomic E-state index is -0.304. The molecule has 0 aromatic heterocycles. The monoisotopic (exact) mass is 659 g/mol. The van der Waals surface area contributed by atoms with Crippen LogP contribution in [-0.4, -0.2) is 11.8 Å². The molecule has 6 aromatic rings. The molecule has 0 saturated carbocycles. The average Bonchev–Trinajstić information content (AvgIpc) is 2.85. The molecule has 2 amide bonds. The predicted molar refractivity (Wildman–Crippen MR) is 158 cm³/mol. The molecular weight excluding hydrogens is 646 g/mol. The highest BCUT2D eigenvalue weighted by Crippen LogP contribution is 2.50. The maximum Gasteiger partial charge on any atom is 0.266 e. The van der Waals surface area contributed by atoms with Crippen LogP contribution in [0.25, 0.3) is 43.1 Å². The van der Waals surface area contributed by atoms with E-state index in [1.54, 1.807) is 0 Å². The van der Waals surface area contributed by atoms with Crippen molar-refractivity contribution in [1.29, 1.82) is 0 Å². The van der Waals surface area contributed by atoms with Crippen molar-refractivity contribution in [3.8, 4) is 0 Å². The van der Waals surface area contributed by atoms with Gasteiger partial charge in [0.2, 0.25) is 0 Å². The summed E-state index contributed by atoms with van der Waals surface area (Å²) in [5.74, 6) is -0.608. The van der Waals surface area contributed by atoms with Crippen LogP contribution in [0.15, 0.2) is 74.1 Å². The Bertz CT molecular complexity index is 1920. The standard InChI is InChI=1S/C30H16Br3NO2/c1-13-6-7-14(2)23(10-13)34-29(35)18-11-21(32)26-16-5-3-4-15-20(31)9-8-17(24(15)16)27-22(33)12-19(30(34)36)25(18)28(26)27/h3-12H,1-2H3. The van der Waals surface area contributed by atoms with Crippen molar-refractivity contribution in [3.05, 3.63) is 96.3 Å². The molecule has 1 aliphatic rings. The third-order valence-electron chi connectivity index (χ3n) is 7.31. The number of nitrogens with zero attached hydrogens (tertiary/aromatic N) is 1. The second-order valence-corrected chi connectivity index (χ2v) is 11.9. The Kier molecular flexibility index (Phi) is 4.73. The van der Waals surface area contributed by atoms with Gasteiger partial charge in [0.25, 0.3) is 11.8 Å². The Morgan fingerprint density at radius 3 is 1.86 bits per heavy atom. The molecule has 1 heterocycles. The molecule has 0 aliphatic carbocycles. The van der Waals surface area contributed by atoms with E-state index in [2.05, 4.69) is 72.1 Å². The topological polar surface area (TPSA) is 37.4 Å². The molecule has 1 aliphatic heterocycles. The zero-order valence-electron chi connectivity index (χ0n) is 19.2. The van der Waals surface area contributed by atoms with Gasteiger partial charge in [-0.15, -0.1) is 0 Å². The molecule has 7 rings (SSSR count). The van der Waals surface area contributed by atoms with Gasteiger partial charge in [0.1, 0.15) is 0 Å². The number of carbonyl (C=O) groups is 2. The lowest BCUT2D eigenvalue weighted by Gasteiger charge is -2.30. The number of fused-ring (bicyclic) bond motifs is 2. The van der Waals surface area contributed by atoms with Crippen LogP contribution < -0.4 is 4.90 Å². The zero-order chi connectivity index (χ0) is 25.0. The number of carbonyl (C=O) groups excluding carboxylic acids is 2. The van der Waals surface area contributed by atoms with E-state index in [4.69, 9.17) is 0 Å². The number of anilines is 1. The van der Waals surface area contributed by atoms with E-state index < -0.39 is 0 Å². The molecule has 0 spiro atoms. The number of hydrogen-bond acceptors (Lipinski definition) is 2. The summed E-state index contributed by atoms with van der Waals surface area (Å²) in [6, 6.07) is 20.0. The summed E-state index contributed by atoms with van der Waals surface area (Å²) >= 11 is 11.3. The van der Waals surface area contributed by atoms with Gasteiger partial charge in [-0.3, -0.25) is 9.59 Å². The molecule has 6 heteroatoms. The molecule has 0 unspecified atom stereocenters. The zero-order valence-corrected chi connectivity index (χ0v) is 23.9. The maximum absolute atomic E-state index is 14.0. The molecule has 3 nitrogen and oxygen atoms in total. The van der Waals surface area contributed by atoms with Gasteiger partial charge in [0, 0.05) is 35.0 Å². The molecule has 0 radical (unpaired) electrons. The van der Waals surface area contributed by atoms with E-state index in [0.717, 1.165) is 62.2 Å². The highest BCUT2D eigenvalue weighted by Gasteiger charge is 2.37. The van der Waals surface area contributed by atoms with Crippen molar-refractivity contribution in [3.63, 3.8) is 0 Å². The second kappa shape index (κ2) is 7.60. The van der Waals surface area contributed by atoms with Gasteiger partial charge in [-0.2, -0.15) is 0 Å². The van der Waals surface area contributed by atoms with Crippen LogP contribution in [0, 0.1) is 13.8 Å². The molecule has 0 atom stereocenters. The summed E-state index contributed by atoms with van der Waals surface area (Å²) in [5.41, 5.74) is 3.54. The smallest absolute Gasteiger partial charge is 0.266 e. The minimum absolute atomic E-state index is 0.304. The van der Waals surface area contributed by atoms with E-state index in [1.165, 1.54) is 4.90 Å². The third-order valence-corrected chi connectivity index (χ3v) is 9.25. The minimum Gasteiger partial charge on any atom is -0.268 e. The summed E-state index contributed by atoms with van der Waals surface area (Å²) in [6.07, 6.45) is 0. The Morgan fingerprint density at radius 1 is 0.583 bits per heavy atom. The van der Waals surface area contributed by atoms with E-state index in [0.29, 0.717) is 22.2 Å². The SMILES string of the molecule is Cc1ccc(C)c(N2C(=O)c3cc(Br)c4c5cccc6c(Br)ccc(c7c(Br)cc(c3c47)C2=O)c65)c1. The van der Waals surface area contributed by atoms with E-state index in [1.807, 2.05) is 50.2 Å². The summed E-state index contributed by atoms with van der Waals surface area (Å²) in [7, 11) is 0. The Balaban J connectivity index is 1.69. The number of imide groups is 1. The highest BCUT2D eigenvalue weighted by atomic mass is 79.9. The molecule has 0 bridgehead atoms. The van der Waals surface area contributed by atoms with Gasteiger partial charge in [0.05, 0.1) is 16.8 Å². The number of hydrogen-bond donors (Lipinski definition) is 0. The first-order chi connectivity index (χ1) is 17.3. The summed E-state index contributed by atoms with van der Waals surface area (Å²) < 4.78 is 2.69. The molecule has 174 valence electrons. The van der Waals surface area contributed by atoms with E-state index in [9.17, 15) is 9.59 Å². The summed E-state index contributed by atoms with van der Waals surface area (Å²) in [5, 5.41) is 8.07. The molecule has 0 saturated heterocycles. The molecule has 6 aromatic carbocycles. The highest BCUT2D eigenvalue weighted by molar-refractivity contribution is 9.11. The summed E-state index contributed by atoms with van der Waals surface area (Å²) in [4.78, 5) is 29.3. The number of benzene rings is 6. The van der Waals surface area contributed by atoms with Crippen molar-refractivity contribution in [2.75, 3.05) is 4.90 Å². The average molecular weight is 662 g/mol. The van der Waals surface area contributed by atoms with Crippen molar-refractivity contribution in [1.82, 2.24) is 0 Å². The van der Waals surface area contributed by atoms with Gasteiger partial charge in [-0.25, -0.2) is 4.90 Å². The molecular formula is C30H16Br3NO2. The number of amides is 2. The largest absolute Gasteiger partial charge is 0.268 e. The van der Waals surface area contributed by atoms with Gasteiger partial charge in [-0.1, -0.05) is 84.2 Å². The first kappa shape index (κ1) is 22.4. The fourth-order valence-electron chi connectivity index (χ4n) is 5.73. The van der Waals surface area contributed by atoms with Crippen LogP contribution in [0.4, 0.5) is 5.69 Å². The summed E-state index contributed by atoms with van der Waals surface area (Å²) in [6.45, 7) is 3.89. The third kappa shape index (κ3) is 2.78. The van der Waals surface area contributed by atoms with Crippen molar-refractivity contribution < 1.29 is 9.59 Å². The predicted octanol–water partition coefficient (Wildman–Crippen LogP) is 9.44. The normalized spacial score (nSPS) is 13.8. The van der Waals surface area contributed by atoms with E-state index in [-0.39, 0.29) is 11.8 Å². The fourth-order valence-corrected chi connectivity index (χ4v) is 7.48. The van der Waals surface area contributed by atoms with Gasteiger partial charge < -0.3 is 0 Å². The first-order valence-corrected chi connectivity index (χ1v) is 13.8. The quantitative estimate of drug-likeness (QED) is 0.100. The Hall–Kier alpha value is -2.80.